The summed E-state index contributed by atoms with van der Waals surface area (Å²) < 4.78 is 5.51. The standard InChI is InChI=1S/C21H23N5O3S/c1-21(29-2)11-25(12-21)14-3-4-18-17(7-14)16(5-6-23-18)20(28)24-9-19(27)26-13-30-10-15(26)8-22/h3-7,15H,9-13H2,1-2H3,(H,24,28). The minimum Gasteiger partial charge on any atom is -0.375 e. The molecule has 0 radical (unpaired) electrons. The molecule has 2 amide bonds. The molecule has 156 valence electrons. The van der Waals surface area contributed by atoms with Gasteiger partial charge in [0.25, 0.3) is 5.91 Å². The first-order valence-electron chi connectivity index (χ1n) is 9.68. The van der Waals surface area contributed by atoms with Crippen molar-refractivity contribution in [1.29, 1.82) is 5.26 Å². The number of nitrogens with one attached hydrogen (secondary N) is 1. The van der Waals surface area contributed by atoms with Gasteiger partial charge in [-0.25, -0.2) is 0 Å². The molecule has 1 aromatic heterocycles. The van der Waals surface area contributed by atoms with Crippen LogP contribution in [-0.2, 0) is 9.53 Å². The number of nitrogens with zero attached hydrogens (tertiary/aromatic N) is 4. The molecule has 1 atom stereocenters. The van der Waals surface area contributed by atoms with Crippen molar-refractivity contribution in [3.05, 3.63) is 36.0 Å². The lowest BCUT2D eigenvalue weighted by Gasteiger charge is -2.48. The van der Waals surface area contributed by atoms with Crippen molar-refractivity contribution >= 4 is 40.2 Å². The van der Waals surface area contributed by atoms with Gasteiger partial charge in [0.05, 0.1) is 35.2 Å². The number of aromatic nitrogens is 1. The lowest BCUT2D eigenvalue weighted by Crippen LogP contribution is -2.61. The van der Waals surface area contributed by atoms with Crippen LogP contribution >= 0.6 is 11.8 Å². The van der Waals surface area contributed by atoms with Crippen molar-refractivity contribution in [2.24, 2.45) is 0 Å². The van der Waals surface area contributed by atoms with Crippen molar-refractivity contribution in [1.82, 2.24) is 15.2 Å². The highest BCUT2D eigenvalue weighted by molar-refractivity contribution is 7.99. The van der Waals surface area contributed by atoms with E-state index in [0.29, 0.717) is 22.7 Å². The Labute approximate surface area is 179 Å². The third kappa shape index (κ3) is 3.80. The highest BCUT2D eigenvalue weighted by Gasteiger charge is 2.39. The van der Waals surface area contributed by atoms with E-state index in [0.717, 1.165) is 24.2 Å². The predicted octanol–water partition coefficient (Wildman–Crippen LogP) is 1.61. The molecule has 2 fully saturated rings. The monoisotopic (exact) mass is 425 g/mol. The molecule has 2 aliphatic rings. The Morgan fingerprint density at radius 2 is 2.20 bits per heavy atom. The highest BCUT2D eigenvalue weighted by atomic mass is 32.2. The van der Waals surface area contributed by atoms with Crippen molar-refractivity contribution in [2.75, 3.05) is 43.3 Å². The predicted molar refractivity (Wildman–Crippen MR) is 115 cm³/mol. The third-order valence-corrected chi connectivity index (χ3v) is 6.64. The second-order valence-electron chi connectivity index (χ2n) is 7.76. The fourth-order valence-electron chi connectivity index (χ4n) is 3.75. The van der Waals surface area contributed by atoms with E-state index in [1.807, 2.05) is 18.2 Å². The van der Waals surface area contributed by atoms with Crippen LogP contribution in [0, 0.1) is 11.3 Å². The number of nitriles is 1. The molecule has 2 aliphatic heterocycles. The number of fused-ring (bicyclic) bond motifs is 1. The van der Waals surface area contributed by atoms with E-state index in [2.05, 4.69) is 28.2 Å². The number of carbonyl (C=O) groups is 2. The van der Waals surface area contributed by atoms with Crippen LogP contribution in [0.4, 0.5) is 5.69 Å². The summed E-state index contributed by atoms with van der Waals surface area (Å²) in [5.41, 5.74) is 2.03. The fourth-order valence-corrected chi connectivity index (χ4v) is 4.85. The Morgan fingerprint density at radius 3 is 2.93 bits per heavy atom. The molecule has 8 nitrogen and oxygen atoms in total. The molecule has 0 saturated carbocycles. The minimum absolute atomic E-state index is 0.139. The van der Waals surface area contributed by atoms with E-state index in [-0.39, 0.29) is 24.0 Å². The Kier molecular flexibility index (Phi) is 5.54. The van der Waals surface area contributed by atoms with Gasteiger partial charge in [-0.1, -0.05) is 0 Å². The number of thioether (sulfide) groups is 1. The number of benzene rings is 1. The molecule has 0 spiro atoms. The van der Waals surface area contributed by atoms with Gasteiger partial charge < -0.3 is 19.9 Å². The molecule has 3 heterocycles. The SMILES string of the molecule is COC1(C)CN(c2ccc3nccc(C(=O)NCC(=O)N4CSCC4C#N)c3c2)C1. The van der Waals surface area contributed by atoms with Crippen LogP contribution in [0.15, 0.2) is 30.5 Å². The molecule has 0 bridgehead atoms. The van der Waals surface area contributed by atoms with Gasteiger partial charge in [-0.3, -0.25) is 14.6 Å². The molecule has 9 heteroatoms. The van der Waals surface area contributed by atoms with E-state index >= 15 is 0 Å². The average Bonchev–Trinajstić information content (AvgIpc) is 3.23. The zero-order valence-electron chi connectivity index (χ0n) is 16.9. The quantitative estimate of drug-likeness (QED) is 0.777. The zero-order chi connectivity index (χ0) is 21.3. The first kappa shape index (κ1) is 20.4. The topological polar surface area (TPSA) is 98.6 Å². The average molecular weight is 426 g/mol. The van der Waals surface area contributed by atoms with Crippen molar-refractivity contribution in [3.63, 3.8) is 0 Å². The minimum atomic E-state index is -0.432. The molecule has 2 saturated heterocycles. The number of pyridine rings is 1. The number of ether oxygens (including phenoxy) is 1. The Balaban J connectivity index is 1.49. The number of anilines is 1. The molecular formula is C21H23N5O3S. The van der Waals surface area contributed by atoms with E-state index in [1.54, 1.807) is 19.4 Å². The van der Waals surface area contributed by atoms with Crippen LogP contribution in [-0.4, -0.2) is 71.7 Å². The third-order valence-electron chi connectivity index (χ3n) is 5.63. The van der Waals surface area contributed by atoms with Gasteiger partial charge in [0, 0.05) is 43.2 Å². The summed E-state index contributed by atoms with van der Waals surface area (Å²) in [6, 6.07) is 9.19. The second-order valence-corrected chi connectivity index (χ2v) is 8.76. The highest BCUT2D eigenvalue weighted by Crippen LogP contribution is 2.32. The molecule has 1 unspecified atom stereocenters. The van der Waals surface area contributed by atoms with Gasteiger partial charge >= 0.3 is 0 Å². The molecule has 2 aromatic rings. The zero-order valence-corrected chi connectivity index (χ0v) is 17.7. The van der Waals surface area contributed by atoms with Gasteiger partial charge in [-0.15, -0.1) is 11.8 Å². The summed E-state index contributed by atoms with van der Waals surface area (Å²) in [6.07, 6.45) is 1.59. The first-order chi connectivity index (χ1) is 14.4. The number of carbonyl (C=O) groups excluding carboxylic acids is 2. The van der Waals surface area contributed by atoms with Crippen LogP contribution in [0.5, 0.6) is 0 Å². The first-order valence-corrected chi connectivity index (χ1v) is 10.8. The summed E-state index contributed by atoms with van der Waals surface area (Å²) in [4.78, 5) is 33.3. The molecule has 0 aliphatic carbocycles. The summed E-state index contributed by atoms with van der Waals surface area (Å²) in [5.74, 6) is 0.495. The Hall–Kier alpha value is -2.83. The van der Waals surface area contributed by atoms with E-state index in [1.165, 1.54) is 16.7 Å². The molecular weight excluding hydrogens is 402 g/mol. The summed E-state index contributed by atoms with van der Waals surface area (Å²) in [7, 11) is 1.71. The number of rotatable bonds is 5. The van der Waals surface area contributed by atoms with E-state index in [9.17, 15) is 9.59 Å². The van der Waals surface area contributed by atoms with E-state index in [4.69, 9.17) is 10.00 Å². The second kappa shape index (κ2) is 8.13. The lowest BCUT2D eigenvalue weighted by atomic mass is 9.95. The summed E-state index contributed by atoms with van der Waals surface area (Å²) in [5, 5.41) is 12.6. The van der Waals surface area contributed by atoms with Crippen LogP contribution in [0.2, 0.25) is 0 Å². The maximum atomic E-state index is 12.8. The van der Waals surface area contributed by atoms with Crippen molar-refractivity contribution < 1.29 is 14.3 Å². The van der Waals surface area contributed by atoms with Gasteiger partial charge in [-0.2, -0.15) is 5.26 Å². The fraction of sp³-hybridized carbons (Fsp3) is 0.429. The van der Waals surface area contributed by atoms with Crippen molar-refractivity contribution in [2.45, 2.75) is 18.6 Å². The summed E-state index contributed by atoms with van der Waals surface area (Å²) in [6.45, 7) is 3.48. The van der Waals surface area contributed by atoms with Crippen LogP contribution in [0.25, 0.3) is 10.9 Å². The van der Waals surface area contributed by atoms with Gasteiger partial charge in [0.2, 0.25) is 5.91 Å². The number of hydrogen-bond donors (Lipinski definition) is 1. The van der Waals surface area contributed by atoms with Gasteiger partial charge in [-0.05, 0) is 31.2 Å². The van der Waals surface area contributed by atoms with Crippen LogP contribution < -0.4 is 10.2 Å². The van der Waals surface area contributed by atoms with Crippen LogP contribution in [0.3, 0.4) is 0 Å². The van der Waals surface area contributed by atoms with Crippen molar-refractivity contribution in [3.8, 4) is 6.07 Å². The molecule has 30 heavy (non-hydrogen) atoms. The molecule has 1 aromatic carbocycles. The maximum absolute atomic E-state index is 12.8. The summed E-state index contributed by atoms with van der Waals surface area (Å²) >= 11 is 1.54. The Morgan fingerprint density at radius 1 is 1.40 bits per heavy atom. The van der Waals surface area contributed by atoms with Crippen LogP contribution in [0.1, 0.15) is 17.3 Å². The van der Waals surface area contributed by atoms with Gasteiger partial charge in [0.15, 0.2) is 0 Å². The van der Waals surface area contributed by atoms with Gasteiger partial charge in [0.1, 0.15) is 6.04 Å². The van der Waals surface area contributed by atoms with E-state index < -0.39 is 6.04 Å². The molecule has 1 N–H and O–H groups in total. The number of methoxy groups -OCH3 is 1. The maximum Gasteiger partial charge on any atom is 0.252 e. The largest absolute Gasteiger partial charge is 0.375 e. The smallest absolute Gasteiger partial charge is 0.252 e. The normalized spacial score (nSPS) is 20.0. The lowest BCUT2D eigenvalue weighted by molar-refractivity contribution is -0.129. The number of amides is 2. The molecule has 4 rings (SSSR count). The Bertz CT molecular complexity index is 1030. The number of hydrogen-bond acceptors (Lipinski definition) is 7.